The van der Waals surface area contributed by atoms with Crippen molar-refractivity contribution in [1.29, 1.82) is 0 Å². The molecular formula is C9H5ClINO3S. The van der Waals surface area contributed by atoms with Gasteiger partial charge in [-0.25, -0.2) is 8.42 Å². The van der Waals surface area contributed by atoms with Gasteiger partial charge < -0.3 is 4.42 Å². The van der Waals surface area contributed by atoms with Crippen molar-refractivity contribution in [3.05, 3.63) is 34.1 Å². The lowest BCUT2D eigenvalue weighted by Gasteiger charge is -1.94. The molecule has 0 aliphatic heterocycles. The Morgan fingerprint density at radius 3 is 2.38 bits per heavy atom. The van der Waals surface area contributed by atoms with Crippen LogP contribution in [0.5, 0.6) is 0 Å². The standard InChI is InChI=1S/C9H5ClINO3S/c10-16(13,14)8-5-15-9(12-8)6-1-3-7(11)4-2-6/h1-5H. The Bertz CT molecular complexity index is 606. The van der Waals surface area contributed by atoms with Crippen molar-refractivity contribution in [1.82, 2.24) is 4.98 Å². The molecule has 0 saturated heterocycles. The zero-order chi connectivity index (χ0) is 11.8. The van der Waals surface area contributed by atoms with Gasteiger partial charge in [-0.3, -0.25) is 0 Å². The van der Waals surface area contributed by atoms with Crippen molar-refractivity contribution < 1.29 is 12.8 Å². The average Bonchev–Trinajstić information content (AvgIpc) is 2.67. The maximum absolute atomic E-state index is 11.0. The van der Waals surface area contributed by atoms with Crippen LogP contribution < -0.4 is 0 Å². The fourth-order valence-electron chi connectivity index (χ4n) is 1.10. The van der Waals surface area contributed by atoms with E-state index in [4.69, 9.17) is 15.1 Å². The molecule has 0 unspecified atom stereocenters. The highest BCUT2D eigenvalue weighted by Gasteiger charge is 2.16. The normalized spacial score (nSPS) is 11.6. The first kappa shape index (κ1) is 11.9. The smallest absolute Gasteiger partial charge is 0.281 e. The summed E-state index contributed by atoms with van der Waals surface area (Å²) in [6.07, 6.45) is 1.02. The summed E-state index contributed by atoms with van der Waals surface area (Å²) >= 11 is 2.17. The molecule has 0 amide bonds. The second-order valence-electron chi connectivity index (χ2n) is 2.94. The first-order valence-corrected chi connectivity index (χ1v) is 7.52. The number of aromatic nitrogens is 1. The molecule has 0 fully saturated rings. The van der Waals surface area contributed by atoms with Gasteiger partial charge >= 0.3 is 0 Å². The van der Waals surface area contributed by atoms with E-state index in [-0.39, 0.29) is 10.9 Å². The molecule has 1 aromatic carbocycles. The van der Waals surface area contributed by atoms with E-state index in [0.29, 0.717) is 5.56 Å². The number of benzene rings is 1. The van der Waals surface area contributed by atoms with E-state index in [2.05, 4.69) is 27.6 Å². The molecule has 16 heavy (non-hydrogen) atoms. The quantitative estimate of drug-likeness (QED) is 0.603. The Balaban J connectivity index is 2.43. The highest BCUT2D eigenvalue weighted by atomic mass is 127. The minimum Gasteiger partial charge on any atom is -0.443 e. The zero-order valence-electron chi connectivity index (χ0n) is 7.72. The summed E-state index contributed by atoms with van der Waals surface area (Å²) in [5.74, 6) is 0.232. The predicted octanol–water partition coefficient (Wildman–Crippen LogP) is 2.87. The number of oxazole rings is 1. The highest BCUT2D eigenvalue weighted by molar-refractivity contribution is 14.1. The third-order valence-corrected chi connectivity index (χ3v) is 3.70. The molecule has 2 rings (SSSR count). The lowest BCUT2D eigenvalue weighted by atomic mass is 10.2. The lowest BCUT2D eigenvalue weighted by Crippen LogP contribution is -1.90. The molecule has 1 heterocycles. The van der Waals surface area contributed by atoms with E-state index in [1.165, 1.54) is 0 Å². The minimum atomic E-state index is -3.83. The van der Waals surface area contributed by atoms with Crippen molar-refractivity contribution in [2.75, 3.05) is 0 Å². The van der Waals surface area contributed by atoms with Crippen molar-refractivity contribution >= 4 is 42.3 Å². The van der Waals surface area contributed by atoms with E-state index in [1.807, 2.05) is 12.1 Å². The summed E-state index contributed by atoms with van der Waals surface area (Å²) < 4.78 is 28.1. The Labute approximate surface area is 110 Å². The molecule has 0 aliphatic carbocycles. The van der Waals surface area contributed by atoms with Gasteiger partial charge in [-0.1, -0.05) is 0 Å². The van der Waals surface area contributed by atoms with Crippen molar-refractivity contribution in [2.24, 2.45) is 0 Å². The lowest BCUT2D eigenvalue weighted by molar-refractivity contribution is 0.568. The molecule has 1 aromatic heterocycles. The molecule has 7 heteroatoms. The van der Waals surface area contributed by atoms with Gasteiger partial charge in [-0.15, -0.1) is 0 Å². The Hall–Kier alpha value is -0.600. The van der Waals surface area contributed by atoms with Crippen molar-refractivity contribution in [3.8, 4) is 11.5 Å². The molecule has 0 N–H and O–H groups in total. The summed E-state index contributed by atoms with van der Waals surface area (Å²) in [4.78, 5) is 3.79. The van der Waals surface area contributed by atoms with Crippen LogP contribution in [0.2, 0.25) is 0 Å². The van der Waals surface area contributed by atoms with Gasteiger partial charge in [-0.2, -0.15) is 4.98 Å². The molecule has 4 nitrogen and oxygen atoms in total. The predicted molar refractivity (Wildman–Crippen MR) is 67.7 cm³/mol. The van der Waals surface area contributed by atoms with Gasteiger partial charge in [-0.05, 0) is 46.9 Å². The molecule has 0 radical (unpaired) electrons. The van der Waals surface area contributed by atoms with Gasteiger partial charge in [0.05, 0.1) is 0 Å². The molecule has 0 aliphatic rings. The number of halogens is 2. The summed E-state index contributed by atoms with van der Waals surface area (Å²) in [6, 6.07) is 7.32. The van der Waals surface area contributed by atoms with Crippen LogP contribution in [0.25, 0.3) is 11.5 Å². The average molecular weight is 370 g/mol. The summed E-state index contributed by atoms with van der Waals surface area (Å²) in [5.41, 5.74) is 0.701. The molecule has 0 saturated carbocycles. The van der Waals surface area contributed by atoms with Crippen molar-refractivity contribution in [2.45, 2.75) is 5.03 Å². The van der Waals surface area contributed by atoms with Crippen LogP contribution in [-0.2, 0) is 9.05 Å². The van der Waals surface area contributed by atoms with E-state index in [1.54, 1.807) is 12.1 Å². The van der Waals surface area contributed by atoms with E-state index in [9.17, 15) is 8.42 Å². The monoisotopic (exact) mass is 369 g/mol. The van der Waals surface area contributed by atoms with Crippen LogP contribution in [0.4, 0.5) is 0 Å². The van der Waals surface area contributed by atoms with Crippen LogP contribution in [0.3, 0.4) is 0 Å². The summed E-state index contributed by atoms with van der Waals surface area (Å²) in [7, 11) is 1.30. The maximum Gasteiger partial charge on any atom is 0.281 e. The molecule has 0 atom stereocenters. The summed E-state index contributed by atoms with van der Waals surface area (Å²) in [5, 5.41) is -0.275. The van der Waals surface area contributed by atoms with Crippen LogP contribution in [0.1, 0.15) is 0 Å². The van der Waals surface area contributed by atoms with Crippen LogP contribution in [-0.4, -0.2) is 13.4 Å². The fraction of sp³-hybridized carbons (Fsp3) is 0. The SMILES string of the molecule is O=S(=O)(Cl)c1coc(-c2ccc(I)cc2)n1. The first-order valence-electron chi connectivity index (χ1n) is 4.13. The maximum atomic E-state index is 11.0. The second-order valence-corrected chi connectivity index (χ2v) is 6.69. The molecular weight excluding hydrogens is 365 g/mol. The molecule has 2 aromatic rings. The van der Waals surface area contributed by atoms with Crippen LogP contribution in [0, 0.1) is 3.57 Å². The van der Waals surface area contributed by atoms with Gasteiger partial charge in [0.25, 0.3) is 9.05 Å². The van der Waals surface area contributed by atoms with Crippen LogP contribution in [0.15, 0.2) is 40.0 Å². The minimum absolute atomic E-state index is 0.232. The Morgan fingerprint density at radius 2 is 1.88 bits per heavy atom. The van der Waals surface area contributed by atoms with Gasteiger partial charge in [0, 0.05) is 19.8 Å². The first-order chi connectivity index (χ1) is 7.47. The second kappa shape index (κ2) is 4.34. The van der Waals surface area contributed by atoms with Gasteiger partial charge in [0.2, 0.25) is 10.9 Å². The highest BCUT2D eigenvalue weighted by Crippen LogP contribution is 2.22. The topological polar surface area (TPSA) is 60.2 Å². The van der Waals surface area contributed by atoms with Crippen LogP contribution >= 0.6 is 33.3 Å². The van der Waals surface area contributed by atoms with Gasteiger partial charge in [0.15, 0.2) is 0 Å². The summed E-state index contributed by atoms with van der Waals surface area (Å²) in [6.45, 7) is 0. The van der Waals surface area contributed by atoms with E-state index < -0.39 is 9.05 Å². The fourth-order valence-corrected chi connectivity index (χ4v) is 2.02. The third kappa shape index (κ3) is 2.55. The largest absolute Gasteiger partial charge is 0.443 e. The number of hydrogen-bond acceptors (Lipinski definition) is 4. The zero-order valence-corrected chi connectivity index (χ0v) is 11.5. The third-order valence-electron chi connectivity index (χ3n) is 1.82. The number of hydrogen-bond donors (Lipinski definition) is 0. The van der Waals surface area contributed by atoms with E-state index in [0.717, 1.165) is 9.83 Å². The Kier molecular flexibility index (Phi) is 3.22. The van der Waals surface area contributed by atoms with E-state index >= 15 is 0 Å². The molecule has 0 bridgehead atoms. The molecule has 84 valence electrons. The van der Waals surface area contributed by atoms with Crippen molar-refractivity contribution in [3.63, 3.8) is 0 Å². The van der Waals surface area contributed by atoms with Gasteiger partial charge in [0.1, 0.15) is 6.26 Å². The Morgan fingerprint density at radius 1 is 1.25 bits per heavy atom. The number of nitrogens with zero attached hydrogens (tertiary/aromatic N) is 1. The molecule has 0 spiro atoms. The number of rotatable bonds is 2.